The van der Waals surface area contributed by atoms with Crippen LogP contribution in [0.3, 0.4) is 0 Å². The van der Waals surface area contributed by atoms with E-state index in [9.17, 15) is 61.0 Å². The molecule has 91 heavy (non-hydrogen) atoms. The number of aliphatic hydroxyl groups is 11. The predicted molar refractivity (Wildman–Crippen MR) is 355 cm³/mol. The van der Waals surface area contributed by atoms with E-state index in [0.717, 1.165) is 89.9 Å². The van der Waals surface area contributed by atoms with E-state index in [2.05, 4.69) is 104 Å². The minimum absolute atomic E-state index is 0.224. The van der Waals surface area contributed by atoms with Gasteiger partial charge in [0.1, 0.15) is 73.2 Å². The Labute approximate surface area is 545 Å². The summed E-state index contributed by atoms with van der Waals surface area (Å²) < 4.78 is 34.3. The van der Waals surface area contributed by atoms with E-state index >= 15 is 0 Å². The second-order valence-corrected chi connectivity index (χ2v) is 24.6. The molecule has 1 amide bonds. The summed E-state index contributed by atoms with van der Waals surface area (Å²) in [5.74, 6) is -0.294. The lowest BCUT2D eigenvalue weighted by molar-refractivity contribution is -0.379. The first-order valence-electron chi connectivity index (χ1n) is 35.0. The topological polar surface area (TPSA) is 307 Å². The van der Waals surface area contributed by atoms with Crippen molar-refractivity contribution in [2.45, 2.75) is 324 Å². The zero-order valence-electron chi connectivity index (χ0n) is 55.3. The van der Waals surface area contributed by atoms with Crippen LogP contribution < -0.4 is 5.32 Å². The van der Waals surface area contributed by atoms with Gasteiger partial charge < -0.3 is 89.9 Å². The van der Waals surface area contributed by atoms with E-state index in [4.69, 9.17) is 28.4 Å². The molecule has 3 aliphatic heterocycles. The second-order valence-electron chi connectivity index (χ2n) is 24.6. The number of aliphatic hydroxyl groups excluding tert-OH is 11. The third-order valence-electron chi connectivity index (χ3n) is 16.9. The number of unbranched alkanes of at least 4 members (excludes halogenated alkanes) is 22. The number of ether oxygens (including phenoxy) is 6. The normalized spacial score (nSPS) is 28.5. The number of hydrogen-bond acceptors (Lipinski definition) is 18. The van der Waals surface area contributed by atoms with Gasteiger partial charge in [-0.2, -0.15) is 0 Å². The monoisotopic (exact) mass is 1290 g/mol. The van der Waals surface area contributed by atoms with Gasteiger partial charge in [-0.25, -0.2) is 0 Å². The Morgan fingerprint density at radius 3 is 1.23 bits per heavy atom. The maximum Gasteiger partial charge on any atom is 0.220 e. The molecular weight excluding hydrogens is 1170 g/mol. The Kier molecular flexibility index (Phi) is 47.7. The Morgan fingerprint density at radius 2 is 0.769 bits per heavy atom. The van der Waals surface area contributed by atoms with Crippen molar-refractivity contribution < 1.29 is 89.4 Å². The van der Waals surface area contributed by atoms with Crippen LogP contribution in [0.25, 0.3) is 0 Å². The first-order valence-corrected chi connectivity index (χ1v) is 35.0. The van der Waals surface area contributed by atoms with Crippen molar-refractivity contribution >= 4 is 5.91 Å². The summed E-state index contributed by atoms with van der Waals surface area (Å²) in [5.41, 5.74) is 0. The molecule has 12 N–H and O–H groups in total. The summed E-state index contributed by atoms with van der Waals surface area (Å²) in [6.45, 7) is 1.59. The predicted octanol–water partition coefficient (Wildman–Crippen LogP) is 9.27. The fourth-order valence-electron chi connectivity index (χ4n) is 11.2. The molecule has 3 rings (SSSR count). The zero-order valence-corrected chi connectivity index (χ0v) is 55.3. The lowest BCUT2D eigenvalue weighted by atomic mass is 9.96. The Hall–Kier alpha value is -3.29. The van der Waals surface area contributed by atoms with Crippen LogP contribution in [0, 0.1) is 0 Å². The Bertz CT molecular complexity index is 2030. The number of carbonyl (C=O) groups excluding carboxylic acids is 1. The van der Waals surface area contributed by atoms with Crippen LogP contribution in [-0.2, 0) is 33.2 Å². The average molecular weight is 1290 g/mol. The standard InChI is InChI=1S/C72H123NO18/c1-3-5-7-9-11-13-15-17-19-21-22-23-24-25-26-27-28-29-30-31-32-34-36-38-40-42-44-46-48-50-60(78)73-55(56(77)49-47-45-43-41-39-37-35-33-20-18-16-14-12-10-8-6-4-2)54-86-70-66(84)63(81)68(58(52-75)88-70)91-72-67(85)64(82)69(59(53-76)89-72)90-71-65(83)62(80)61(79)57(51-74)87-71/h5,7,11,13,17,19,22-23,25-26,28-29,39,41,47,49,55-59,61-72,74-77,79-85H,3-4,6,8-10,12,14-16,18,20-21,24,27,30-38,40,42-46,48,50-54H2,1-2H3,(H,73,78)/b7-5-,13-11-,19-17-,23-22-,26-25-,29-28-,41-39+,49-47+. The van der Waals surface area contributed by atoms with Gasteiger partial charge in [0.2, 0.25) is 5.91 Å². The van der Waals surface area contributed by atoms with Gasteiger partial charge in [0, 0.05) is 6.42 Å². The molecule has 3 saturated heterocycles. The van der Waals surface area contributed by atoms with Crippen molar-refractivity contribution in [1.29, 1.82) is 0 Å². The molecule has 3 heterocycles. The van der Waals surface area contributed by atoms with Crippen molar-refractivity contribution in [1.82, 2.24) is 5.32 Å². The van der Waals surface area contributed by atoms with Gasteiger partial charge in [0.05, 0.1) is 38.6 Å². The third-order valence-corrected chi connectivity index (χ3v) is 16.9. The third kappa shape index (κ3) is 34.8. The largest absolute Gasteiger partial charge is 0.394 e. The molecule has 0 aromatic heterocycles. The fraction of sp³-hybridized carbons (Fsp3) is 0.764. The maximum atomic E-state index is 13.4. The highest BCUT2D eigenvalue weighted by molar-refractivity contribution is 5.76. The molecule has 0 aromatic carbocycles. The molecule has 19 heteroatoms. The maximum absolute atomic E-state index is 13.4. The van der Waals surface area contributed by atoms with Crippen LogP contribution in [0.4, 0.5) is 0 Å². The fourth-order valence-corrected chi connectivity index (χ4v) is 11.2. The van der Waals surface area contributed by atoms with Crippen molar-refractivity contribution in [3.8, 4) is 0 Å². The van der Waals surface area contributed by atoms with E-state index in [0.29, 0.717) is 12.8 Å². The highest BCUT2D eigenvalue weighted by Crippen LogP contribution is 2.33. The Morgan fingerprint density at radius 1 is 0.407 bits per heavy atom. The molecule has 3 fully saturated rings. The molecule has 524 valence electrons. The summed E-state index contributed by atoms with van der Waals surface area (Å²) in [5, 5.41) is 120. The van der Waals surface area contributed by atoms with Gasteiger partial charge in [-0.1, -0.05) is 227 Å². The molecular formula is C72H123NO18. The molecule has 0 spiro atoms. The zero-order chi connectivity index (χ0) is 66.1. The number of amides is 1. The smallest absolute Gasteiger partial charge is 0.220 e. The first kappa shape index (κ1) is 81.9. The summed E-state index contributed by atoms with van der Waals surface area (Å²) in [4.78, 5) is 13.4. The van der Waals surface area contributed by atoms with Crippen LogP contribution in [0.1, 0.15) is 219 Å². The molecule has 17 atom stereocenters. The van der Waals surface area contributed by atoms with E-state index in [1.165, 1.54) is 96.3 Å². The molecule has 3 aliphatic rings. The highest BCUT2D eigenvalue weighted by Gasteiger charge is 2.53. The summed E-state index contributed by atoms with van der Waals surface area (Å²) >= 11 is 0. The lowest BCUT2D eigenvalue weighted by Gasteiger charge is -2.48. The van der Waals surface area contributed by atoms with Crippen LogP contribution in [-0.4, -0.2) is 193 Å². The number of rotatable bonds is 52. The van der Waals surface area contributed by atoms with Crippen molar-refractivity contribution in [2.75, 3.05) is 26.4 Å². The summed E-state index contributed by atoms with van der Waals surface area (Å²) in [7, 11) is 0. The molecule has 0 radical (unpaired) electrons. The van der Waals surface area contributed by atoms with Gasteiger partial charge in [0.25, 0.3) is 0 Å². The minimum atomic E-state index is -1.99. The molecule has 17 unspecified atom stereocenters. The molecule has 0 bridgehead atoms. The van der Waals surface area contributed by atoms with E-state index in [-0.39, 0.29) is 18.9 Å². The van der Waals surface area contributed by atoms with Gasteiger partial charge >= 0.3 is 0 Å². The van der Waals surface area contributed by atoms with Gasteiger partial charge in [-0.3, -0.25) is 4.79 Å². The van der Waals surface area contributed by atoms with E-state index < -0.39 is 124 Å². The van der Waals surface area contributed by atoms with E-state index in [1.54, 1.807) is 6.08 Å². The average Bonchev–Trinajstić information content (AvgIpc) is 0.884. The number of nitrogens with one attached hydrogen (secondary N) is 1. The number of carbonyl (C=O) groups is 1. The quantitative estimate of drug-likeness (QED) is 0.0199. The summed E-state index contributed by atoms with van der Waals surface area (Å²) in [6.07, 6.45) is 42.3. The lowest BCUT2D eigenvalue weighted by Crippen LogP contribution is -2.66. The van der Waals surface area contributed by atoms with E-state index in [1.807, 2.05) is 6.08 Å². The number of hydrogen-bond donors (Lipinski definition) is 12. The second kappa shape index (κ2) is 52.9. The van der Waals surface area contributed by atoms with Gasteiger partial charge in [0.15, 0.2) is 18.9 Å². The highest BCUT2D eigenvalue weighted by atomic mass is 16.8. The molecule has 0 saturated carbocycles. The SMILES string of the molecule is CC/C=C\C/C=C\C/C=C\C/C=C\C/C=C\C/C=C\CCCCCCCCCCCCC(=O)NC(COC1OC(CO)C(OC2OC(CO)C(OC3OC(CO)C(O)C(O)C3O)C(O)C2O)C(O)C1O)C(O)/C=C/CC/C=C/CCCCCCCCCCCCC. The minimum Gasteiger partial charge on any atom is -0.394 e. The first-order chi connectivity index (χ1) is 44.3. The van der Waals surface area contributed by atoms with Crippen LogP contribution in [0.5, 0.6) is 0 Å². The van der Waals surface area contributed by atoms with Crippen LogP contribution >= 0.6 is 0 Å². The van der Waals surface area contributed by atoms with Gasteiger partial charge in [-0.15, -0.1) is 0 Å². The van der Waals surface area contributed by atoms with Crippen LogP contribution in [0.15, 0.2) is 97.2 Å². The molecule has 19 nitrogen and oxygen atoms in total. The van der Waals surface area contributed by atoms with Gasteiger partial charge in [-0.05, 0) is 83.5 Å². The van der Waals surface area contributed by atoms with Crippen molar-refractivity contribution in [2.24, 2.45) is 0 Å². The number of allylic oxidation sites excluding steroid dienone is 15. The molecule has 0 aliphatic carbocycles. The van der Waals surface area contributed by atoms with Crippen molar-refractivity contribution in [3.63, 3.8) is 0 Å². The summed E-state index contributed by atoms with van der Waals surface area (Å²) in [6, 6.07) is -0.999. The van der Waals surface area contributed by atoms with Crippen molar-refractivity contribution in [3.05, 3.63) is 97.2 Å². The Balaban J connectivity index is 1.43. The molecule has 0 aromatic rings. The van der Waals surface area contributed by atoms with Crippen LogP contribution in [0.2, 0.25) is 0 Å².